The number of nitrogens with zero attached hydrogens (tertiary/aromatic N) is 1. The van der Waals surface area contributed by atoms with E-state index in [1.807, 2.05) is 0 Å². The number of rotatable bonds is 2. The molecule has 0 spiro atoms. The van der Waals surface area contributed by atoms with Gasteiger partial charge in [-0.2, -0.15) is 0 Å². The first-order valence-electron chi connectivity index (χ1n) is 5.15. The quantitative estimate of drug-likeness (QED) is 0.651. The molecule has 0 fully saturated rings. The summed E-state index contributed by atoms with van der Waals surface area (Å²) in [4.78, 5) is 24.0. The number of carbonyl (C=O) groups excluding carboxylic acids is 1. The van der Waals surface area contributed by atoms with Gasteiger partial charge in [-0.05, 0) is 25.1 Å². The zero-order valence-electron chi connectivity index (χ0n) is 9.21. The molecule has 17 heavy (non-hydrogen) atoms. The Labute approximate surface area is 103 Å². The molecule has 0 N–H and O–H groups in total. The Bertz CT molecular complexity index is 633. The number of carbonyl (C=O) groups is 1. The van der Waals surface area contributed by atoms with Crippen LogP contribution in [0.5, 0.6) is 0 Å². The van der Waals surface area contributed by atoms with E-state index < -0.39 is 5.97 Å². The van der Waals surface area contributed by atoms with Crippen LogP contribution in [0.25, 0.3) is 5.52 Å². The van der Waals surface area contributed by atoms with Gasteiger partial charge < -0.3 is 4.74 Å². The van der Waals surface area contributed by atoms with Crippen LogP contribution in [0, 0.1) is 0 Å². The minimum absolute atomic E-state index is 0.205. The summed E-state index contributed by atoms with van der Waals surface area (Å²) in [6.07, 6.45) is 1.60. The lowest BCUT2D eigenvalue weighted by Crippen LogP contribution is -2.16. The average Bonchev–Trinajstić information content (AvgIpc) is 2.31. The highest BCUT2D eigenvalue weighted by Gasteiger charge is 2.13. The first-order chi connectivity index (χ1) is 8.15. The smallest absolute Gasteiger partial charge is 0.340 e. The molecular weight excluding hydrogens is 238 g/mol. The maximum atomic E-state index is 11.8. The lowest BCUT2D eigenvalue weighted by atomic mass is 10.2. The van der Waals surface area contributed by atoms with E-state index in [2.05, 4.69) is 12.6 Å². The largest absolute Gasteiger partial charge is 0.462 e. The highest BCUT2D eigenvalue weighted by molar-refractivity contribution is 7.80. The molecule has 88 valence electrons. The van der Waals surface area contributed by atoms with Crippen molar-refractivity contribution in [2.75, 3.05) is 6.61 Å². The van der Waals surface area contributed by atoms with Crippen LogP contribution in [-0.2, 0) is 4.74 Å². The summed E-state index contributed by atoms with van der Waals surface area (Å²) >= 11 is 4.26. The molecule has 0 saturated heterocycles. The Morgan fingerprint density at radius 3 is 2.88 bits per heavy atom. The van der Waals surface area contributed by atoms with E-state index >= 15 is 0 Å². The zero-order valence-corrected chi connectivity index (χ0v) is 10.1. The number of hydrogen-bond acceptors (Lipinski definition) is 4. The number of pyridine rings is 2. The van der Waals surface area contributed by atoms with Crippen molar-refractivity contribution >= 4 is 24.1 Å². The third-order valence-corrected chi connectivity index (χ3v) is 2.71. The van der Waals surface area contributed by atoms with Crippen LogP contribution in [-0.4, -0.2) is 17.0 Å². The first kappa shape index (κ1) is 11.7. The predicted molar refractivity (Wildman–Crippen MR) is 66.9 cm³/mol. The van der Waals surface area contributed by atoms with Gasteiger partial charge in [0.25, 0.3) is 5.56 Å². The molecule has 4 nitrogen and oxygen atoms in total. The highest BCUT2D eigenvalue weighted by atomic mass is 32.1. The van der Waals surface area contributed by atoms with Crippen LogP contribution in [0.3, 0.4) is 0 Å². The van der Waals surface area contributed by atoms with E-state index in [1.54, 1.807) is 25.3 Å². The Hall–Kier alpha value is -1.75. The van der Waals surface area contributed by atoms with E-state index in [0.717, 1.165) is 0 Å². The van der Waals surface area contributed by atoms with E-state index in [1.165, 1.54) is 16.5 Å². The molecule has 5 heteroatoms. The van der Waals surface area contributed by atoms with Crippen molar-refractivity contribution in [3.05, 3.63) is 46.4 Å². The van der Waals surface area contributed by atoms with Crippen molar-refractivity contribution < 1.29 is 9.53 Å². The second-order valence-electron chi connectivity index (χ2n) is 3.42. The van der Waals surface area contributed by atoms with Crippen molar-refractivity contribution in [1.82, 2.24) is 4.40 Å². The molecule has 0 radical (unpaired) electrons. The number of ether oxygens (including phenoxy) is 1. The molecule has 2 rings (SSSR count). The number of aromatic nitrogens is 1. The maximum Gasteiger partial charge on any atom is 0.340 e. The van der Waals surface area contributed by atoms with Crippen molar-refractivity contribution in [1.29, 1.82) is 0 Å². The number of thiol groups is 1. The van der Waals surface area contributed by atoms with Crippen molar-refractivity contribution in [2.45, 2.75) is 11.8 Å². The van der Waals surface area contributed by atoms with Crippen LogP contribution in [0.15, 0.2) is 40.2 Å². The molecule has 2 heterocycles. The highest BCUT2D eigenvalue weighted by Crippen LogP contribution is 2.18. The molecule has 0 saturated carbocycles. The SMILES string of the molecule is CCOC(=O)c1ccc(=O)n2cccc(S)c12. The Balaban J connectivity index is 2.77. The van der Waals surface area contributed by atoms with Gasteiger partial charge >= 0.3 is 5.97 Å². The van der Waals surface area contributed by atoms with Gasteiger partial charge in [0.2, 0.25) is 0 Å². The fourth-order valence-electron chi connectivity index (χ4n) is 1.64. The molecule has 0 amide bonds. The second kappa shape index (κ2) is 4.63. The summed E-state index contributed by atoms with van der Waals surface area (Å²) in [6, 6.07) is 6.23. The van der Waals surface area contributed by atoms with Gasteiger partial charge in [0.05, 0.1) is 17.7 Å². The number of hydrogen-bond donors (Lipinski definition) is 1. The van der Waals surface area contributed by atoms with Gasteiger partial charge in [-0.3, -0.25) is 9.20 Å². The van der Waals surface area contributed by atoms with Crippen LogP contribution >= 0.6 is 12.6 Å². The molecule has 2 aromatic rings. The van der Waals surface area contributed by atoms with E-state index in [0.29, 0.717) is 22.6 Å². The van der Waals surface area contributed by atoms with E-state index in [-0.39, 0.29) is 5.56 Å². The monoisotopic (exact) mass is 249 g/mol. The topological polar surface area (TPSA) is 47.8 Å². The second-order valence-corrected chi connectivity index (χ2v) is 3.90. The lowest BCUT2D eigenvalue weighted by molar-refractivity contribution is 0.0528. The number of fused-ring (bicyclic) bond motifs is 1. The number of esters is 1. The molecule has 0 unspecified atom stereocenters. The minimum atomic E-state index is -0.452. The fraction of sp³-hybridized carbons (Fsp3) is 0.167. The van der Waals surface area contributed by atoms with E-state index in [4.69, 9.17) is 4.74 Å². The van der Waals surface area contributed by atoms with Crippen LogP contribution in [0.4, 0.5) is 0 Å². The molecule has 0 aromatic carbocycles. The normalized spacial score (nSPS) is 10.5. The summed E-state index contributed by atoms with van der Waals surface area (Å²) in [5.74, 6) is -0.452. The molecule has 0 aliphatic rings. The van der Waals surface area contributed by atoms with Crippen LogP contribution in [0.2, 0.25) is 0 Å². The van der Waals surface area contributed by atoms with Crippen LogP contribution in [0.1, 0.15) is 17.3 Å². The van der Waals surface area contributed by atoms with Gasteiger partial charge in [-0.1, -0.05) is 0 Å². The third-order valence-electron chi connectivity index (χ3n) is 2.35. The van der Waals surface area contributed by atoms with Gasteiger partial charge in [0, 0.05) is 17.2 Å². The van der Waals surface area contributed by atoms with Crippen molar-refractivity contribution in [3.8, 4) is 0 Å². The molecule has 0 aliphatic heterocycles. The lowest BCUT2D eigenvalue weighted by Gasteiger charge is -2.08. The predicted octanol–water partition coefficient (Wildman–Crippen LogP) is 1.76. The third kappa shape index (κ3) is 2.06. The Kier molecular flexibility index (Phi) is 3.19. The van der Waals surface area contributed by atoms with Gasteiger partial charge in [-0.15, -0.1) is 12.6 Å². The standard InChI is InChI=1S/C12H11NO3S/c1-2-16-12(15)8-5-6-10(14)13-7-3-4-9(17)11(8)13/h3-7,17H,2H2,1H3. The van der Waals surface area contributed by atoms with Gasteiger partial charge in [0.15, 0.2) is 0 Å². The van der Waals surface area contributed by atoms with E-state index in [9.17, 15) is 9.59 Å². The molecule has 0 aliphatic carbocycles. The Morgan fingerprint density at radius 2 is 2.18 bits per heavy atom. The summed E-state index contributed by atoms with van der Waals surface area (Å²) in [6.45, 7) is 2.02. The summed E-state index contributed by atoms with van der Waals surface area (Å²) < 4.78 is 6.33. The first-order valence-corrected chi connectivity index (χ1v) is 5.60. The maximum absolute atomic E-state index is 11.8. The average molecular weight is 249 g/mol. The van der Waals surface area contributed by atoms with Crippen molar-refractivity contribution in [3.63, 3.8) is 0 Å². The zero-order chi connectivity index (χ0) is 12.4. The fourth-order valence-corrected chi connectivity index (χ4v) is 1.95. The molecule has 0 atom stereocenters. The summed E-state index contributed by atoms with van der Waals surface area (Å²) in [5, 5.41) is 0. The molecule has 0 bridgehead atoms. The van der Waals surface area contributed by atoms with Gasteiger partial charge in [0.1, 0.15) is 0 Å². The van der Waals surface area contributed by atoms with Crippen LogP contribution < -0.4 is 5.56 Å². The van der Waals surface area contributed by atoms with Gasteiger partial charge in [-0.25, -0.2) is 4.79 Å². The summed E-state index contributed by atoms with van der Waals surface area (Å²) in [7, 11) is 0. The van der Waals surface area contributed by atoms with Crippen molar-refractivity contribution in [2.24, 2.45) is 0 Å². The molecular formula is C12H11NO3S. The Morgan fingerprint density at radius 1 is 1.41 bits per heavy atom. The minimum Gasteiger partial charge on any atom is -0.462 e. The summed E-state index contributed by atoms with van der Waals surface area (Å²) in [5.41, 5.74) is 0.614. The molecule has 2 aromatic heterocycles.